The number of nitrogens with one attached hydrogen (secondary N) is 2. The molecule has 1 heterocycles. The van der Waals surface area contributed by atoms with Crippen LogP contribution in [-0.2, 0) is 9.53 Å². The van der Waals surface area contributed by atoms with Crippen molar-refractivity contribution in [3.8, 4) is 11.3 Å². The van der Waals surface area contributed by atoms with E-state index in [1.807, 2.05) is 31.2 Å². The highest BCUT2D eigenvalue weighted by atomic mass is 79.9. The summed E-state index contributed by atoms with van der Waals surface area (Å²) in [5.41, 5.74) is 1.94. The van der Waals surface area contributed by atoms with Crippen LogP contribution in [0.25, 0.3) is 11.3 Å². The van der Waals surface area contributed by atoms with Gasteiger partial charge in [0.25, 0.3) is 0 Å². The number of methoxy groups -OCH3 is 1. The number of halogens is 1. The van der Waals surface area contributed by atoms with E-state index in [0.717, 1.165) is 20.6 Å². The summed E-state index contributed by atoms with van der Waals surface area (Å²) >= 11 is 4.90. The largest absolute Gasteiger partial charge is 0.383 e. The fourth-order valence-corrected chi connectivity index (χ4v) is 2.98. The maximum atomic E-state index is 11.8. The number of benzene rings is 1. The second-order valence-electron chi connectivity index (χ2n) is 4.65. The predicted molar refractivity (Wildman–Crippen MR) is 93.4 cm³/mol. The monoisotopic (exact) mass is 383 g/mol. The van der Waals surface area contributed by atoms with E-state index in [4.69, 9.17) is 4.74 Å². The van der Waals surface area contributed by atoms with Gasteiger partial charge in [0.05, 0.1) is 18.8 Å². The van der Waals surface area contributed by atoms with E-state index < -0.39 is 0 Å². The Morgan fingerprint density at radius 2 is 2.09 bits per heavy atom. The Kier molecular flexibility index (Phi) is 6.50. The number of hydrogen-bond donors (Lipinski definition) is 2. The lowest BCUT2D eigenvalue weighted by molar-refractivity contribution is -0.115. The summed E-state index contributed by atoms with van der Waals surface area (Å²) in [5.74, 6) is -0.104. The van der Waals surface area contributed by atoms with Crippen molar-refractivity contribution in [2.45, 2.75) is 6.92 Å². The Hall–Kier alpha value is -1.28. The molecule has 118 valence electrons. The third-order valence-electron chi connectivity index (χ3n) is 2.93. The smallest absolute Gasteiger partial charge is 0.240 e. The first kappa shape index (κ1) is 17.1. The average Bonchev–Trinajstić information content (AvgIpc) is 2.85. The highest BCUT2D eigenvalue weighted by Gasteiger charge is 2.11. The summed E-state index contributed by atoms with van der Waals surface area (Å²) in [7, 11) is 1.63. The van der Waals surface area contributed by atoms with E-state index in [9.17, 15) is 4.79 Å². The third kappa shape index (κ3) is 4.88. The van der Waals surface area contributed by atoms with Crippen LogP contribution in [0.1, 0.15) is 4.88 Å². The van der Waals surface area contributed by atoms with Crippen molar-refractivity contribution in [2.24, 2.45) is 0 Å². The Morgan fingerprint density at radius 3 is 2.77 bits per heavy atom. The minimum absolute atomic E-state index is 0.104. The molecule has 0 aliphatic carbocycles. The predicted octanol–water partition coefficient (Wildman–Crippen LogP) is 3.06. The quantitative estimate of drug-likeness (QED) is 0.721. The number of ether oxygens (including phenoxy) is 1. The number of aromatic nitrogens is 1. The van der Waals surface area contributed by atoms with Crippen LogP contribution in [0, 0.1) is 6.92 Å². The number of rotatable bonds is 7. The van der Waals surface area contributed by atoms with E-state index in [2.05, 4.69) is 31.5 Å². The van der Waals surface area contributed by atoms with Crippen LogP contribution < -0.4 is 10.6 Å². The van der Waals surface area contributed by atoms with E-state index >= 15 is 0 Å². The molecule has 2 aromatic rings. The highest BCUT2D eigenvalue weighted by Crippen LogP contribution is 2.30. The van der Waals surface area contributed by atoms with E-state index in [0.29, 0.717) is 18.3 Å². The van der Waals surface area contributed by atoms with Crippen LogP contribution >= 0.6 is 27.3 Å². The number of amides is 1. The van der Waals surface area contributed by atoms with Gasteiger partial charge in [-0.1, -0.05) is 28.1 Å². The molecule has 22 heavy (non-hydrogen) atoms. The molecule has 7 heteroatoms. The summed E-state index contributed by atoms with van der Waals surface area (Å²) < 4.78 is 5.94. The van der Waals surface area contributed by atoms with Gasteiger partial charge in [-0.3, -0.25) is 4.79 Å². The molecule has 5 nitrogen and oxygen atoms in total. The molecule has 0 unspecified atom stereocenters. The first-order chi connectivity index (χ1) is 10.6. The fraction of sp³-hybridized carbons (Fsp3) is 0.333. The van der Waals surface area contributed by atoms with Crippen molar-refractivity contribution in [3.05, 3.63) is 33.6 Å². The van der Waals surface area contributed by atoms with Gasteiger partial charge < -0.3 is 15.4 Å². The molecular weight excluding hydrogens is 366 g/mol. The normalized spacial score (nSPS) is 10.7. The Labute approximate surface area is 142 Å². The lowest BCUT2D eigenvalue weighted by Crippen LogP contribution is -2.30. The molecule has 1 aromatic heterocycles. The summed E-state index contributed by atoms with van der Waals surface area (Å²) in [4.78, 5) is 17.4. The van der Waals surface area contributed by atoms with Crippen molar-refractivity contribution < 1.29 is 9.53 Å². The van der Waals surface area contributed by atoms with Gasteiger partial charge in [0.15, 0.2) is 5.13 Å². The molecule has 0 aliphatic heterocycles. The summed E-state index contributed by atoms with van der Waals surface area (Å²) in [6, 6.07) is 7.96. The molecule has 0 bridgehead atoms. The Bertz CT molecular complexity index is 628. The van der Waals surface area contributed by atoms with E-state index in [1.54, 1.807) is 7.11 Å². The zero-order valence-corrected chi connectivity index (χ0v) is 14.9. The third-order valence-corrected chi connectivity index (χ3v) is 4.34. The molecular formula is C15H18BrN3O2S. The van der Waals surface area contributed by atoms with Crippen LogP contribution in [-0.4, -0.2) is 37.7 Å². The van der Waals surface area contributed by atoms with Gasteiger partial charge in [0, 0.05) is 28.6 Å². The minimum Gasteiger partial charge on any atom is -0.383 e. The van der Waals surface area contributed by atoms with Gasteiger partial charge in [-0.25, -0.2) is 4.98 Å². The molecule has 1 aromatic carbocycles. The molecule has 0 saturated carbocycles. The first-order valence-corrected chi connectivity index (χ1v) is 8.44. The number of anilines is 1. The van der Waals surface area contributed by atoms with Crippen LogP contribution in [0.15, 0.2) is 28.7 Å². The Balaban J connectivity index is 1.97. The molecule has 2 rings (SSSR count). The molecule has 1 amide bonds. The van der Waals surface area contributed by atoms with E-state index in [-0.39, 0.29) is 12.5 Å². The van der Waals surface area contributed by atoms with Crippen molar-refractivity contribution in [2.75, 3.05) is 32.1 Å². The van der Waals surface area contributed by atoms with Gasteiger partial charge in [0.1, 0.15) is 0 Å². The zero-order valence-electron chi connectivity index (χ0n) is 12.5. The second-order valence-corrected chi connectivity index (χ2v) is 6.77. The lowest BCUT2D eigenvalue weighted by Gasteiger charge is -2.03. The van der Waals surface area contributed by atoms with Gasteiger partial charge in [0.2, 0.25) is 5.91 Å². The molecule has 0 radical (unpaired) electrons. The number of aryl methyl sites for hydroxylation is 1. The van der Waals surface area contributed by atoms with Crippen LogP contribution in [0.4, 0.5) is 5.13 Å². The SMILES string of the molecule is COCCNCC(=O)Nc1nc(-c2ccc(Br)cc2)c(C)s1. The molecule has 0 spiro atoms. The van der Waals surface area contributed by atoms with Crippen LogP contribution in [0.3, 0.4) is 0 Å². The lowest BCUT2D eigenvalue weighted by atomic mass is 10.1. The topological polar surface area (TPSA) is 63.2 Å². The van der Waals surface area contributed by atoms with Crippen molar-refractivity contribution in [3.63, 3.8) is 0 Å². The van der Waals surface area contributed by atoms with E-state index in [1.165, 1.54) is 11.3 Å². The summed E-state index contributed by atoms with van der Waals surface area (Å²) in [6.07, 6.45) is 0. The number of carbonyl (C=O) groups excluding carboxylic acids is 1. The maximum absolute atomic E-state index is 11.8. The number of carbonyl (C=O) groups is 1. The average molecular weight is 384 g/mol. The van der Waals surface area contributed by atoms with Crippen molar-refractivity contribution >= 4 is 38.3 Å². The summed E-state index contributed by atoms with van der Waals surface area (Å²) in [6.45, 7) is 3.47. The maximum Gasteiger partial charge on any atom is 0.240 e. The number of nitrogens with zero attached hydrogens (tertiary/aromatic N) is 1. The Morgan fingerprint density at radius 1 is 1.36 bits per heavy atom. The van der Waals surface area contributed by atoms with Crippen LogP contribution in [0.5, 0.6) is 0 Å². The van der Waals surface area contributed by atoms with Gasteiger partial charge >= 0.3 is 0 Å². The molecule has 2 N–H and O–H groups in total. The zero-order chi connectivity index (χ0) is 15.9. The standard InChI is InChI=1S/C15H18BrN3O2S/c1-10-14(11-3-5-12(16)6-4-11)19-15(22-10)18-13(20)9-17-7-8-21-2/h3-6,17H,7-9H2,1-2H3,(H,18,19,20). The fourth-order valence-electron chi connectivity index (χ4n) is 1.87. The molecule has 0 saturated heterocycles. The number of hydrogen-bond acceptors (Lipinski definition) is 5. The number of thiazole rings is 1. The highest BCUT2D eigenvalue weighted by molar-refractivity contribution is 9.10. The molecule has 0 aliphatic rings. The molecule has 0 atom stereocenters. The van der Waals surface area contributed by atoms with Gasteiger partial charge in [-0.15, -0.1) is 11.3 Å². The van der Waals surface area contributed by atoms with Crippen LogP contribution in [0.2, 0.25) is 0 Å². The first-order valence-electron chi connectivity index (χ1n) is 6.83. The van der Waals surface area contributed by atoms with Gasteiger partial charge in [-0.2, -0.15) is 0 Å². The van der Waals surface area contributed by atoms with Crippen molar-refractivity contribution in [1.82, 2.24) is 10.3 Å². The second kappa shape index (κ2) is 8.38. The van der Waals surface area contributed by atoms with Gasteiger partial charge in [-0.05, 0) is 19.1 Å². The minimum atomic E-state index is -0.104. The van der Waals surface area contributed by atoms with Crippen molar-refractivity contribution in [1.29, 1.82) is 0 Å². The summed E-state index contributed by atoms with van der Waals surface area (Å²) in [5, 5.41) is 6.44. The molecule has 0 fully saturated rings.